The number of rotatable bonds is 4. The van der Waals surface area contributed by atoms with E-state index in [9.17, 15) is 4.79 Å². The molecular formula is C14H16N2O. The Bertz CT molecular complexity index is 554. The largest absolute Gasteiger partial charge is 0.342 e. The summed E-state index contributed by atoms with van der Waals surface area (Å²) in [6.45, 7) is 2.08. The lowest BCUT2D eigenvalue weighted by Crippen LogP contribution is -1.93. The lowest BCUT2D eigenvalue weighted by Gasteiger charge is -2.07. The van der Waals surface area contributed by atoms with Gasteiger partial charge in [0, 0.05) is 12.3 Å². The summed E-state index contributed by atoms with van der Waals surface area (Å²) in [6, 6.07) is 6.25. The smallest absolute Gasteiger partial charge is 0.120 e. The maximum atomic E-state index is 10.5. The van der Waals surface area contributed by atoms with Crippen LogP contribution in [0.1, 0.15) is 49.4 Å². The number of nitrogens with one attached hydrogen (secondary N) is 1. The van der Waals surface area contributed by atoms with Gasteiger partial charge in [-0.25, -0.2) is 4.98 Å². The third kappa shape index (κ3) is 1.97. The Morgan fingerprint density at radius 2 is 2.35 bits per heavy atom. The van der Waals surface area contributed by atoms with Crippen LogP contribution in [0.3, 0.4) is 0 Å². The highest BCUT2D eigenvalue weighted by molar-refractivity contribution is 5.76. The van der Waals surface area contributed by atoms with Crippen LogP contribution in [0.15, 0.2) is 18.2 Å². The summed E-state index contributed by atoms with van der Waals surface area (Å²) in [4.78, 5) is 18.5. The molecule has 1 atom stereocenters. The number of hydrogen-bond donors (Lipinski definition) is 1. The first-order valence-corrected chi connectivity index (χ1v) is 6.21. The average Bonchev–Trinajstić information content (AvgIpc) is 3.08. The number of nitrogens with zero attached hydrogens (tertiary/aromatic N) is 1. The van der Waals surface area contributed by atoms with Crippen molar-refractivity contribution in [2.24, 2.45) is 0 Å². The van der Waals surface area contributed by atoms with Crippen molar-refractivity contribution in [3.63, 3.8) is 0 Å². The number of aromatic amines is 1. The van der Waals surface area contributed by atoms with E-state index in [0.29, 0.717) is 12.3 Å². The molecule has 1 aliphatic rings. The quantitative estimate of drug-likeness (QED) is 0.817. The lowest BCUT2D eigenvalue weighted by atomic mass is 9.98. The second kappa shape index (κ2) is 3.99. The van der Waals surface area contributed by atoms with Gasteiger partial charge < -0.3 is 9.78 Å². The first-order valence-electron chi connectivity index (χ1n) is 6.21. The van der Waals surface area contributed by atoms with Crippen LogP contribution in [0.4, 0.5) is 0 Å². The molecule has 3 rings (SSSR count). The van der Waals surface area contributed by atoms with E-state index >= 15 is 0 Å². The highest BCUT2D eigenvalue weighted by Crippen LogP contribution is 2.39. The summed E-state index contributed by atoms with van der Waals surface area (Å²) in [5, 5.41) is 0. The highest BCUT2D eigenvalue weighted by Gasteiger charge is 2.26. The summed E-state index contributed by atoms with van der Waals surface area (Å²) in [6.07, 6.45) is 4.08. The normalized spacial score (nSPS) is 17.2. The van der Waals surface area contributed by atoms with Crippen LogP contribution in [0.5, 0.6) is 0 Å². The summed E-state index contributed by atoms with van der Waals surface area (Å²) in [5.41, 5.74) is 3.34. The van der Waals surface area contributed by atoms with Gasteiger partial charge >= 0.3 is 0 Å². The van der Waals surface area contributed by atoms with E-state index < -0.39 is 0 Å². The minimum Gasteiger partial charge on any atom is -0.342 e. The first kappa shape index (κ1) is 10.5. The molecule has 0 aliphatic heterocycles. The molecular weight excluding hydrogens is 212 g/mol. The number of aldehydes is 1. The molecule has 1 N–H and O–H groups in total. The first-order chi connectivity index (χ1) is 8.28. The number of fused-ring (bicyclic) bond motifs is 1. The molecule has 0 saturated heterocycles. The number of imidazole rings is 1. The summed E-state index contributed by atoms with van der Waals surface area (Å²) >= 11 is 0. The molecule has 17 heavy (non-hydrogen) atoms. The van der Waals surface area contributed by atoms with E-state index in [2.05, 4.69) is 29.0 Å². The molecule has 1 aromatic heterocycles. The maximum Gasteiger partial charge on any atom is 0.120 e. The Morgan fingerprint density at radius 1 is 1.53 bits per heavy atom. The van der Waals surface area contributed by atoms with E-state index in [1.165, 1.54) is 18.4 Å². The van der Waals surface area contributed by atoms with Gasteiger partial charge in [0.05, 0.1) is 11.0 Å². The van der Waals surface area contributed by atoms with E-state index in [1.54, 1.807) is 0 Å². The SMILES string of the molecule is CC(CC=O)c1ccc2nc(C3CC3)[nH]c2c1. The molecule has 1 aromatic carbocycles. The zero-order valence-electron chi connectivity index (χ0n) is 9.94. The Hall–Kier alpha value is -1.64. The van der Waals surface area contributed by atoms with Crippen LogP contribution in [-0.2, 0) is 4.79 Å². The summed E-state index contributed by atoms with van der Waals surface area (Å²) in [5.74, 6) is 2.06. The Morgan fingerprint density at radius 3 is 3.06 bits per heavy atom. The van der Waals surface area contributed by atoms with Gasteiger partial charge in [-0.15, -0.1) is 0 Å². The van der Waals surface area contributed by atoms with Gasteiger partial charge in [-0.3, -0.25) is 0 Å². The molecule has 1 heterocycles. The molecule has 0 amide bonds. The fraction of sp³-hybridized carbons (Fsp3) is 0.429. The molecule has 1 fully saturated rings. The number of carbonyl (C=O) groups excluding carboxylic acids is 1. The molecule has 0 radical (unpaired) electrons. The van der Waals surface area contributed by atoms with E-state index in [1.807, 2.05) is 6.07 Å². The Kier molecular flexibility index (Phi) is 2.46. The Labute approximate surface area is 100 Å². The predicted molar refractivity (Wildman–Crippen MR) is 67.2 cm³/mol. The van der Waals surface area contributed by atoms with Crippen molar-refractivity contribution in [1.82, 2.24) is 9.97 Å². The predicted octanol–water partition coefficient (Wildman–Crippen LogP) is 3.13. The minimum atomic E-state index is 0.282. The van der Waals surface area contributed by atoms with E-state index in [-0.39, 0.29) is 5.92 Å². The maximum absolute atomic E-state index is 10.5. The van der Waals surface area contributed by atoms with Crippen LogP contribution >= 0.6 is 0 Å². The van der Waals surface area contributed by atoms with Crippen LogP contribution in [0.2, 0.25) is 0 Å². The molecule has 1 saturated carbocycles. The fourth-order valence-electron chi connectivity index (χ4n) is 2.18. The van der Waals surface area contributed by atoms with Crippen molar-refractivity contribution in [3.05, 3.63) is 29.6 Å². The van der Waals surface area contributed by atoms with Crippen LogP contribution < -0.4 is 0 Å². The highest BCUT2D eigenvalue weighted by atomic mass is 16.1. The van der Waals surface area contributed by atoms with Crippen molar-refractivity contribution < 1.29 is 4.79 Å². The van der Waals surface area contributed by atoms with Crippen molar-refractivity contribution >= 4 is 17.3 Å². The van der Waals surface area contributed by atoms with Crippen LogP contribution in [-0.4, -0.2) is 16.3 Å². The second-order valence-corrected chi connectivity index (χ2v) is 4.98. The van der Waals surface area contributed by atoms with Gasteiger partial charge in [0.15, 0.2) is 0 Å². The zero-order valence-corrected chi connectivity index (χ0v) is 9.94. The monoisotopic (exact) mass is 228 g/mol. The standard InChI is InChI=1S/C14H16N2O/c1-9(6-7-17)11-4-5-12-13(8-11)16-14(15-12)10-2-3-10/h4-5,7-10H,2-3,6H2,1H3,(H,15,16). The lowest BCUT2D eigenvalue weighted by molar-refractivity contribution is -0.108. The number of hydrogen-bond acceptors (Lipinski definition) is 2. The molecule has 0 spiro atoms. The van der Waals surface area contributed by atoms with Crippen molar-refractivity contribution in [2.75, 3.05) is 0 Å². The molecule has 1 unspecified atom stereocenters. The van der Waals surface area contributed by atoms with Crippen molar-refractivity contribution in [2.45, 2.75) is 38.0 Å². The summed E-state index contributed by atoms with van der Waals surface area (Å²) in [7, 11) is 0. The molecule has 1 aliphatic carbocycles. The van der Waals surface area contributed by atoms with Gasteiger partial charge in [0.2, 0.25) is 0 Å². The number of aromatic nitrogens is 2. The number of carbonyl (C=O) groups is 1. The molecule has 3 heteroatoms. The summed E-state index contributed by atoms with van der Waals surface area (Å²) < 4.78 is 0. The molecule has 88 valence electrons. The van der Waals surface area contributed by atoms with Crippen molar-refractivity contribution in [3.8, 4) is 0 Å². The third-order valence-electron chi connectivity index (χ3n) is 3.51. The average molecular weight is 228 g/mol. The van der Waals surface area contributed by atoms with E-state index in [0.717, 1.165) is 23.1 Å². The third-order valence-corrected chi connectivity index (χ3v) is 3.51. The van der Waals surface area contributed by atoms with Crippen LogP contribution in [0.25, 0.3) is 11.0 Å². The van der Waals surface area contributed by atoms with Gasteiger partial charge in [-0.1, -0.05) is 13.0 Å². The molecule has 0 bridgehead atoms. The zero-order chi connectivity index (χ0) is 11.8. The number of H-pyrrole nitrogens is 1. The van der Waals surface area contributed by atoms with Gasteiger partial charge in [0.25, 0.3) is 0 Å². The van der Waals surface area contributed by atoms with E-state index in [4.69, 9.17) is 0 Å². The van der Waals surface area contributed by atoms with Gasteiger partial charge in [-0.05, 0) is 36.5 Å². The van der Waals surface area contributed by atoms with Gasteiger partial charge in [-0.2, -0.15) is 0 Å². The molecule has 3 nitrogen and oxygen atoms in total. The second-order valence-electron chi connectivity index (χ2n) is 4.98. The molecule has 2 aromatic rings. The number of benzene rings is 1. The van der Waals surface area contributed by atoms with Crippen LogP contribution in [0, 0.1) is 0 Å². The Balaban J connectivity index is 1.96. The minimum absolute atomic E-state index is 0.282. The fourth-order valence-corrected chi connectivity index (χ4v) is 2.18. The van der Waals surface area contributed by atoms with Crippen molar-refractivity contribution in [1.29, 1.82) is 0 Å². The van der Waals surface area contributed by atoms with Gasteiger partial charge in [0.1, 0.15) is 12.1 Å². The topological polar surface area (TPSA) is 45.8 Å².